The highest BCUT2D eigenvalue weighted by atomic mass is 35.7. The number of para-hydroxylation sites is 1. The van der Waals surface area contributed by atoms with Gasteiger partial charge in [-0.2, -0.15) is 5.48 Å². The molecule has 2 aromatic rings. The molecule has 0 radical (unpaired) electrons. The van der Waals surface area contributed by atoms with Crippen molar-refractivity contribution < 1.29 is 23.2 Å². The van der Waals surface area contributed by atoms with Crippen LogP contribution in [0.15, 0.2) is 60.7 Å². The second-order valence-electron chi connectivity index (χ2n) is 5.04. The Bertz CT molecular complexity index is 713. The molecule has 0 amide bonds. The van der Waals surface area contributed by atoms with E-state index >= 15 is 0 Å². The van der Waals surface area contributed by atoms with Crippen LogP contribution in [0.4, 0.5) is 0 Å². The fourth-order valence-corrected chi connectivity index (χ4v) is 3.20. The molecule has 25 heavy (non-hydrogen) atoms. The molecule has 2 atom stereocenters. The van der Waals surface area contributed by atoms with E-state index in [1.807, 2.05) is 30.3 Å². The summed E-state index contributed by atoms with van der Waals surface area (Å²) in [5.41, 5.74) is 3.47. The average Bonchev–Trinajstić information content (AvgIpc) is 2.59. The third-order valence-electron chi connectivity index (χ3n) is 3.09. The van der Waals surface area contributed by atoms with Gasteiger partial charge < -0.3 is 13.9 Å². The number of carbonyl (C=O) groups is 1. The molecule has 8 heteroatoms. The lowest BCUT2D eigenvalue weighted by Gasteiger charge is -2.19. The van der Waals surface area contributed by atoms with Gasteiger partial charge in [-0.1, -0.05) is 48.5 Å². The molecule has 2 rings (SSSR count). The van der Waals surface area contributed by atoms with Crippen molar-refractivity contribution in [3.63, 3.8) is 0 Å². The maximum Gasteiger partial charge on any atom is 0.532 e. The number of rotatable bonds is 9. The molecule has 1 unspecified atom stereocenters. The van der Waals surface area contributed by atoms with Gasteiger partial charge in [0.25, 0.3) is 0 Å². The van der Waals surface area contributed by atoms with Crippen molar-refractivity contribution in [1.82, 2.24) is 5.48 Å². The average molecular weight is 384 g/mol. The summed E-state index contributed by atoms with van der Waals surface area (Å²) in [6, 6.07) is 16.6. The van der Waals surface area contributed by atoms with E-state index in [1.165, 1.54) is 0 Å². The van der Waals surface area contributed by atoms with Gasteiger partial charge in [-0.05, 0) is 24.6 Å². The van der Waals surface area contributed by atoms with Crippen LogP contribution in [-0.2, 0) is 25.1 Å². The maximum atomic E-state index is 12.4. The molecule has 0 aromatic heterocycles. The Morgan fingerprint density at radius 1 is 1.12 bits per heavy atom. The largest absolute Gasteiger partial charge is 0.532 e. The monoisotopic (exact) mass is 383 g/mol. The molecule has 0 fully saturated rings. The number of benzene rings is 2. The summed E-state index contributed by atoms with van der Waals surface area (Å²) in [4.78, 5) is 17.5. The molecule has 1 N–H and O–H groups in total. The third-order valence-corrected chi connectivity index (χ3v) is 4.33. The van der Waals surface area contributed by atoms with Gasteiger partial charge in [-0.25, -0.2) is 9.36 Å². The molecule has 0 heterocycles. The molecule has 0 saturated carbocycles. The molecule has 2 aromatic carbocycles. The molecule has 0 bridgehead atoms. The van der Waals surface area contributed by atoms with Gasteiger partial charge in [-0.15, -0.1) is 0 Å². The summed E-state index contributed by atoms with van der Waals surface area (Å²) >= 11 is 5.77. The molecular weight excluding hydrogens is 365 g/mol. The second kappa shape index (κ2) is 9.59. The first-order valence-electron chi connectivity index (χ1n) is 7.69. The number of hydrogen-bond acceptors (Lipinski definition) is 6. The topological polar surface area (TPSA) is 73.9 Å². The van der Waals surface area contributed by atoms with E-state index in [-0.39, 0.29) is 12.2 Å². The lowest BCUT2D eigenvalue weighted by Crippen LogP contribution is -2.39. The van der Waals surface area contributed by atoms with Gasteiger partial charge in [0.2, 0.25) is 0 Å². The Morgan fingerprint density at radius 3 is 2.32 bits per heavy atom. The number of carbonyl (C=O) groups excluding carboxylic acids is 1. The lowest BCUT2D eigenvalue weighted by atomic mass is 10.1. The van der Waals surface area contributed by atoms with Crippen molar-refractivity contribution in [2.24, 2.45) is 0 Å². The summed E-state index contributed by atoms with van der Waals surface area (Å²) in [5.74, 6) is -0.586. The van der Waals surface area contributed by atoms with Crippen LogP contribution in [0.3, 0.4) is 0 Å². The molecule has 0 spiro atoms. The van der Waals surface area contributed by atoms with Crippen molar-refractivity contribution >= 4 is 24.2 Å². The van der Waals surface area contributed by atoms with E-state index in [1.54, 1.807) is 37.3 Å². The van der Waals surface area contributed by atoms with E-state index in [0.29, 0.717) is 6.61 Å². The quantitative estimate of drug-likeness (QED) is 0.519. The predicted molar refractivity (Wildman–Crippen MR) is 95.3 cm³/mol. The normalized spacial score (nSPS) is 14.3. The van der Waals surface area contributed by atoms with Crippen LogP contribution in [0, 0.1) is 0 Å². The van der Waals surface area contributed by atoms with Gasteiger partial charge in [0.15, 0.2) is 0 Å². The molecule has 0 aliphatic rings. The highest BCUT2D eigenvalue weighted by Crippen LogP contribution is 2.53. The van der Waals surface area contributed by atoms with Crippen molar-refractivity contribution in [1.29, 1.82) is 0 Å². The van der Waals surface area contributed by atoms with E-state index in [2.05, 4.69) is 5.48 Å². The lowest BCUT2D eigenvalue weighted by molar-refractivity contribution is -0.141. The van der Waals surface area contributed by atoms with Crippen LogP contribution in [0.25, 0.3) is 0 Å². The van der Waals surface area contributed by atoms with E-state index in [0.717, 1.165) is 5.56 Å². The van der Waals surface area contributed by atoms with Crippen LogP contribution in [-0.4, -0.2) is 18.6 Å². The Labute approximate surface area is 151 Å². The molecule has 6 nitrogen and oxygen atoms in total. The van der Waals surface area contributed by atoms with Gasteiger partial charge in [-0.3, -0.25) is 0 Å². The van der Waals surface area contributed by atoms with Crippen LogP contribution in [0.2, 0.25) is 0 Å². The highest BCUT2D eigenvalue weighted by Gasteiger charge is 2.32. The van der Waals surface area contributed by atoms with E-state index in [4.69, 9.17) is 25.1 Å². The third kappa shape index (κ3) is 6.88. The minimum Gasteiger partial charge on any atom is -0.405 e. The van der Waals surface area contributed by atoms with Crippen molar-refractivity contribution in [2.45, 2.75) is 19.4 Å². The number of halogens is 1. The number of nitrogens with one attached hydrogen (secondary N) is 1. The number of hydroxylamine groups is 1. The molecule has 0 aliphatic carbocycles. The molecule has 0 aliphatic heterocycles. The highest BCUT2D eigenvalue weighted by molar-refractivity contribution is 7.82. The summed E-state index contributed by atoms with van der Waals surface area (Å²) in [6.07, 6.45) is 0.280. The summed E-state index contributed by atoms with van der Waals surface area (Å²) in [5, 5.41) is 0. The zero-order chi connectivity index (χ0) is 18.1. The Kier molecular flexibility index (Phi) is 7.47. The fourth-order valence-electron chi connectivity index (χ4n) is 2.00. The first-order chi connectivity index (χ1) is 12.0. The van der Waals surface area contributed by atoms with Gasteiger partial charge >= 0.3 is 12.9 Å². The van der Waals surface area contributed by atoms with Crippen LogP contribution < -0.4 is 10.0 Å². The Hall–Kier alpha value is -1.85. The van der Waals surface area contributed by atoms with Crippen molar-refractivity contribution in [3.05, 3.63) is 66.2 Å². The van der Waals surface area contributed by atoms with Crippen molar-refractivity contribution in [2.75, 3.05) is 6.61 Å². The summed E-state index contributed by atoms with van der Waals surface area (Å²) in [7, 11) is 0. The van der Waals surface area contributed by atoms with Crippen LogP contribution >= 0.6 is 18.2 Å². The number of hydrogen-bond donors (Lipinski definition) is 1. The van der Waals surface area contributed by atoms with Crippen LogP contribution in [0.5, 0.6) is 5.75 Å². The zero-order valence-corrected chi connectivity index (χ0v) is 15.3. The predicted octanol–water partition coefficient (Wildman–Crippen LogP) is 4.11. The second-order valence-corrected chi connectivity index (χ2v) is 7.51. The zero-order valence-electron chi connectivity index (χ0n) is 13.6. The van der Waals surface area contributed by atoms with E-state index < -0.39 is 19.0 Å². The minimum atomic E-state index is -4.13. The SMILES string of the molecule is CCON[C@@H](Cc1ccccc1)C(=O)OP(=O)(Cl)Oc1ccccc1. The smallest absolute Gasteiger partial charge is 0.405 e. The van der Waals surface area contributed by atoms with E-state index in [9.17, 15) is 9.36 Å². The first-order valence-corrected chi connectivity index (χ1v) is 10.1. The molecule has 0 saturated heterocycles. The van der Waals surface area contributed by atoms with Crippen molar-refractivity contribution in [3.8, 4) is 5.75 Å². The summed E-state index contributed by atoms with van der Waals surface area (Å²) in [6.45, 7) is -2.02. The van der Waals surface area contributed by atoms with Gasteiger partial charge in [0.1, 0.15) is 11.8 Å². The Morgan fingerprint density at radius 2 is 1.72 bits per heavy atom. The van der Waals surface area contributed by atoms with Gasteiger partial charge in [0.05, 0.1) is 6.61 Å². The maximum absolute atomic E-state index is 12.4. The van der Waals surface area contributed by atoms with Crippen LogP contribution in [0.1, 0.15) is 12.5 Å². The Balaban J connectivity index is 2.03. The molecular formula is C17H19ClNO5P. The standard InChI is InChI=1S/C17H19ClNO5P/c1-2-22-19-16(13-14-9-5-3-6-10-14)17(20)24-25(18,21)23-15-11-7-4-8-12-15/h3-12,16,19H,2,13H2,1H3/t16-,25?/m0/s1. The fraction of sp³-hybridized carbons (Fsp3) is 0.235. The first kappa shape index (κ1) is 19.5. The minimum absolute atomic E-state index is 0.242. The van der Waals surface area contributed by atoms with Gasteiger partial charge in [0, 0.05) is 17.7 Å². The molecule has 134 valence electrons. The summed E-state index contributed by atoms with van der Waals surface area (Å²) < 4.78 is 22.2.